The van der Waals surface area contributed by atoms with Crippen molar-refractivity contribution in [3.8, 4) is 5.69 Å². The number of hydrogen-bond donors (Lipinski definition) is 1. The Morgan fingerprint density at radius 3 is 2.61 bits per heavy atom. The van der Waals surface area contributed by atoms with Crippen LogP contribution in [0, 0.1) is 0 Å². The van der Waals surface area contributed by atoms with E-state index in [1.807, 2.05) is 0 Å². The van der Waals surface area contributed by atoms with Gasteiger partial charge in [0.25, 0.3) is 5.91 Å². The number of halogens is 3. The molecule has 13 heteroatoms. The van der Waals surface area contributed by atoms with Gasteiger partial charge in [-0.15, -0.1) is 10.2 Å². The molecule has 1 saturated heterocycles. The van der Waals surface area contributed by atoms with Crippen molar-refractivity contribution in [3.63, 3.8) is 0 Å². The zero-order valence-corrected chi connectivity index (χ0v) is 18.6. The summed E-state index contributed by atoms with van der Waals surface area (Å²) < 4.78 is 50.7. The lowest BCUT2D eigenvalue weighted by atomic mass is 10.0. The number of morpholine rings is 1. The molecule has 2 aromatic rings. The molecule has 1 unspecified atom stereocenters. The summed E-state index contributed by atoms with van der Waals surface area (Å²) in [4.78, 5) is 26.6. The number of ether oxygens (including phenoxy) is 2. The number of amides is 1. The van der Waals surface area contributed by atoms with Gasteiger partial charge in [-0.1, -0.05) is 0 Å². The van der Waals surface area contributed by atoms with E-state index in [9.17, 15) is 27.9 Å². The predicted octanol–water partition coefficient (Wildman–Crippen LogP) is 1.89. The van der Waals surface area contributed by atoms with Crippen LogP contribution in [-0.2, 0) is 25.2 Å². The Bertz CT molecular complexity index is 1050. The van der Waals surface area contributed by atoms with Crippen molar-refractivity contribution >= 4 is 17.7 Å². The third-order valence-electron chi connectivity index (χ3n) is 4.48. The molecule has 0 spiro atoms. The summed E-state index contributed by atoms with van der Waals surface area (Å²) in [5, 5.41) is 21.1. The molecule has 1 N–H and O–H groups in total. The average Bonchev–Trinajstić information content (AvgIpc) is 3.17. The lowest BCUT2D eigenvalue weighted by Gasteiger charge is -2.42. The molecule has 0 saturated carbocycles. The number of rotatable bonds is 4. The molecular weight excluding hydrogens is 447 g/mol. The summed E-state index contributed by atoms with van der Waals surface area (Å²) in [6.07, 6.45) is -5.70. The Kier molecular flexibility index (Phi) is 6.24. The summed E-state index contributed by atoms with van der Waals surface area (Å²) in [6.45, 7) is 8.16. The van der Waals surface area contributed by atoms with Crippen molar-refractivity contribution in [3.05, 3.63) is 30.2 Å². The first-order valence-corrected chi connectivity index (χ1v) is 9.93. The molecule has 0 bridgehead atoms. The number of aliphatic hydroxyl groups excluding tert-OH is 1. The summed E-state index contributed by atoms with van der Waals surface area (Å²) in [7, 11) is 0. The van der Waals surface area contributed by atoms with Gasteiger partial charge in [-0.05, 0) is 40.7 Å². The van der Waals surface area contributed by atoms with E-state index in [0.717, 1.165) is 16.9 Å². The van der Waals surface area contributed by atoms with Gasteiger partial charge in [0, 0.05) is 12.3 Å². The van der Waals surface area contributed by atoms with Crippen molar-refractivity contribution in [2.75, 3.05) is 11.4 Å². The quantitative estimate of drug-likeness (QED) is 0.672. The third kappa shape index (κ3) is 5.66. The fourth-order valence-corrected chi connectivity index (χ4v) is 3.15. The Morgan fingerprint density at radius 1 is 1.33 bits per heavy atom. The topological polar surface area (TPSA) is 120 Å². The lowest BCUT2D eigenvalue weighted by molar-refractivity contribution is -0.188. The molecule has 1 fully saturated rings. The number of carbonyl (C=O) groups excluding carboxylic acids is 2. The Balaban J connectivity index is 1.88. The molecule has 2 aromatic heterocycles. The highest BCUT2D eigenvalue weighted by atomic mass is 19.4. The van der Waals surface area contributed by atoms with Crippen LogP contribution in [-0.4, -0.2) is 66.9 Å². The van der Waals surface area contributed by atoms with E-state index in [1.165, 1.54) is 17.2 Å². The highest BCUT2D eigenvalue weighted by Gasteiger charge is 2.47. The molecule has 0 aliphatic carbocycles. The SMILES string of the molecule is CC(C)(C)OC(=O)C(O)[C@H]1OC(C)(C)CN(c2ccn(-c3cnnc(C(F)(F)F)c3)n2)C1=O. The molecule has 0 aromatic carbocycles. The number of aromatic nitrogens is 4. The highest BCUT2D eigenvalue weighted by Crippen LogP contribution is 2.30. The van der Waals surface area contributed by atoms with E-state index in [1.54, 1.807) is 34.6 Å². The number of aliphatic hydroxyl groups is 1. The van der Waals surface area contributed by atoms with E-state index >= 15 is 0 Å². The summed E-state index contributed by atoms with van der Waals surface area (Å²) in [6, 6.07) is 2.17. The van der Waals surface area contributed by atoms with Crippen LogP contribution in [0.25, 0.3) is 5.69 Å². The van der Waals surface area contributed by atoms with E-state index < -0.39 is 47.2 Å². The van der Waals surface area contributed by atoms with Crippen LogP contribution in [0.4, 0.5) is 19.0 Å². The monoisotopic (exact) mass is 471 g/mol. The molecule has 180 valence electrons. The van der Waals surface area contributed by atoms with Gasteiger partial charge in [0.15, 0.2) is 23.7 Å². The van der Waals surface area contributed by atoms with Gasteiger partial charge in [0.1, 0.15) is 5.60 Å². The standard InChI is InChI=1S/C20H24F3N5O5/c1-18(2,3)33-17(31)14(29)15-16(30)27(10-19(4,5)32-15)13-6-7-28(26-13)11-8-12(20(21,22)23)25-24-9-11/h6-9,14-15,29H,10H2,1-5H3/t14?,15-/m1/s1. The van der Waals surface area contributed by atoms with Crippen LogP contribution in [0.3, 0.4) is 0 Å². The van der Waals surface area contributed by atoms with Crippen molar-refractivity contribution in [2.24, 2.45) is 0 Å². The van der Waals surface area contributed by atoms with Gasteiger partial charge in [-0.3, -0.25) is 9.69 Å². The lowest BCUT2D eigenvalue weighted by Crippen LogP contribution is -2.61. The smallest absolute Gasteiger partial charge is 0.435 e. The number of alkyl halides is 3. The summed E-state index contributed by atoms with van der Waals surface area (Å²) >= 11 is 0. The first-order valence-electron chi connectivity index (χ1n) is 9.93. The molecule has 2 atom stereocenters. The van der Waals surface area contributed by atoms with Gasteiger partial charge in [0.2, 0.25) is 0 Å². The van der Waals surface area contributed by atoms with Gasteiger partial charge in [0.05, 0.1) is 24.0 Å². The number of anilines is 1. The highest BCUT2D eigenvalue weighted by molar-refractivity contribution is 6.00. The molecule has 3 rings (SSSR count). The van der Waals surface area contributed by atoms with Crippen LogP contribution in [0.1, 0.15) is 40.3 Å². The molecular formula is C20H24F3N5O5. The minimum atomic E-state index is -4.69. The van der Waals surface area contributed by atoms with E-state index in [4.69, 9.17) is 9.47 Å². The van der Waals surface area contributed by atoms with Gasteiger partial charge in [-0.25, -0.2) is 9.48 Å². The second kappa shape index (κ2) is 8.37. The molecule has 0 radical (unpaired) electrons. The van der Waals surface area contributed by atoms with Gasteiger partial charge in [-0.2, -0.15) is 18.3 Å². The number of carbonyl (C=O) groups is 2. The van der Waals surface area contributed by atoms with Crippen molar-refractivity contribution in [2.45, 2.75) is 64.2 Å². The van der Waals surface area contributed by atoms with Gasteiger partial charge >= 0.3 is 12.1 Å². The van der Waals surface area contributed by atoms with Crippen LogP contribution < -0.4 is 4.90 Å². The van der Waals surface area contributed by atoms with Crippen LogP contribution >= 0.6 is 0 Å². The minimum absolute atomic E-state index is 0.0166. The minimum Gasteiger partial charge on any atom is -0.458 e. The molecule has 1 amide bonds. The first kappa shape index (κ1) is 24.6. The maximum absolute atomic E-state index is 13.1. The van der Waals surface area contributed by atoms with Gasteiger partial charge < -0.3 is 14.6 Å². The maximum Gasteiger partial charge on any atom is 0.435 e. The zero-order chi connectivity index (χ0) is 24.8. The summed E-state index contributed by atoms with van der Waals surface area (Å²) in [5.41, 5.74) is -3.08. The molecule has 3 heterocycles. The molecule has 10 nitrogen and oxygen atoms in total. The van der Waals surface area contributed by atoms with Crippen molar-refractivity contribution in [1.29, 1.82) is 0 Å². The van der Waals surface area contributed by atoms with Crippen molar-refractivity contribution < 1.29 is 37.3 Å². The molecule has 1 aliphatic rings. The maximum atomic E-state index is 13.1. The molecule has 33 heavy (non-hydrogen) atoms. The number of hydrogen-bond acceptors (Lipinski definition) is 8. The zero-order valence-electron chi connectivity index (χ0n) is 18.6. The van der Waals surface area contributed by atoms with Crippen LogP contribution in [0.5, 0.6) is 0 Å². The van der Waals surface area contributed by atoms with Crippen LogP contribution in [0.15, 0.2) is 24.5 Å². The largest absolute Gasteiger partial charge is 0.458 e. The van der Waals surface area contributed by atoms with E-state index in [0.29, 0.717) is 0 Å². The average molecular weight is 471 g/mol. The van der Waals surface area contributed by atoms with E-state index in [2.05, 4.69) is 15.3 Å². The summed E-state index contributed by atoms with van der Waals surface area (Å²) in [5.74, 6) is -1.68. The van der Waals surface area contributed by atoms with Crippen molar-refractivity contribution in [1.82, 2.24) is 20.0 Å². The second-order valence-corrected chi connectivity index (χ2v) is 9.12. The fraction of sp³-hybridized carbons (Fsp3) is 0.550. The first-order chi connectivity index (χ1) is 15.1. The molecule has 1 aliphatic heterocycles. The fourth-order valence-electron chi connectivity index (χ4n) is 3.15. The van der Waals surface area contributed by atoms with Crippen LogP contribution in [0.2, 0.25) is 0 Å². The Morgan fingerprint density at radius 2 is 2.00 bits per heavy atom. The number of esters is 1. The van der Waals surface area contributed by atoms with E-state index in [-0.39, 0.29) is 18.1 Å². The second-order valence-electron chi connectivity index (χ2n) is 9.12. The number of nitrogens with zero attached hydrogens (tertiary/aromatic N) is 5. The Hall–Kier alpha value is -3.06. The third-order valence-corrected chi connectivity index (χ3v) is 4.48. The normalized spacial score (nSPS) is 20.0. The Labute approximate surface area is 187 Å². The predicted molar refractivity (Wildman–Crippen MR) is 107 cm³/mol.